The van der Waals surface area contributed by atoms with Crippen molar-refractivity contribution in [2.24, 2.45) is 0 Å². The fourth-order valence-corrected chi connectivity index (χ4v) is 2.67. The molecule has 0 fully saturated rings. The van der Waals surface area contributed by atoms with Gasteiger partial charge in [0.1, 0.15) is 5.75 Å². The summed E-state index contributed by atoms with van der Waals surface area (Å²) in [6, 6.07) is 25.8. The highest BCUT2D eigenvalue weighted by molar-refractivity contribution is 7.46. The second kappa shape index (κ2) is 8.63. The lowest BCUT2D eigenvalue weighted by Crippen LogP contribution is -1.93. The summed E-state index contributed by atoms with van der Waals surface area (Å²) in [7, 11) is -4.43. The molecule has 3 aromatic carbocycles. The van der Waals surface area contributed by atoms with Crippen molar-refractivity contribution < 1.29 is 18.9 Å². The molecule has 3 rings (SSSR count). The Balaban J connectivity index is 0.000000181. The monoisotopic (exact) mass is 356 g/mol. The minimum atomic E-state index is -4.43. The van der Waals surface area contributed by atoms with Gasteiger partial charge < -0.3 is 4.52 Å². The summed E-state index contributed by atoms with van der Waals surface area (Å²) in [5.41, 5.74) is 4.23. The number of benzene rings is 3. The van der Waals surface area contributed by atoms with Crippen molar-refractivity contribution in [2.45, 2.75) is 13.8 Å². The third-order valence-electron chi connectivity index (χ3n) is 3.65. The topological polar surface area (TPSA) is 66.8 Å². The van der Waals surface area contributed by atoms with E-state index in [0.29, 0.717) is 0 Å². The van der Waals surface area contributed by atoms with Crippen LogP contribution in [0.1, 0.15) is 11.1 Å². The van der Waals surface area contributed by atoms with E-state index in [-0.39, 0.29) is 5.75 Å². The van der Waals surface area contributed by atoms with E-state index in [1.807, 2.05) is 25.1 Å². The van der Waals surface area contributed by atoms with E-state index in [1.54, 1.807) is 13.0 Å². The number of hydrogen-bond acceptors (Lipinski definition) is 2. The summed E-state index contributed by atoms with van der Waals surface area (Å²) in [5.74, 6) is 0.230. The molecule has 0 bridgehead atoms. The van der Waals surface area contributed by atoms with Gasteiger partial charge in [0.25, 0.3) is 0 Å². The highest BCUT2D eigenvalue weighted by Crippen LogP contribution is 2.39. The van der Waals surface area contributed by atoms with Crippen molar-refractivity contribution in [3.63, 3.8) is 0 Å². The maximum absolute atomic E-state index is 10.5. The van der Waals surface area contributed by atoms with Crippen molar-refractivity contribution >= 4 is 7.82 Å². The zero-order valence-electron chi connectivity index (χ0n) is 14.2. The lowest BCUT2D eigenvalue weighted by atomic mass is 10.1. The van der Waals surface area contributed by atoms with Gasteiger partial charge in [-0.2, -0.15) is 0 Å². The molecule has 0 saturated heterocycles. The first kappa shape index (κ1) is 18.9. The van der Waals surface area contributed by atoms with Crippen molar-refractivity contribution in [2.75, 3.05) is 0 Å². The highest BCUT2D eigenvalue weighted by atomic mass is 31.2. The van der Waals surface area contributed by atoms with E-state index in [0.717, 1.165) is 11.1 Å². The first-order chi connectivity index (χ1) is 11.9. The van der Waals surface area contributed by atoms with Gasteiger partial charge >= 0.3 is 7.82 Å². The molecule has 0 aliphatic heterocycles. The third-order valence-corrected chi connectivity index (χ3v) is 4.09. The van der Waals surface area contributed by atoms with Crippen LogP contribution < -0.4 is 4.52 Å². The van der Waals surface area contributed by atoms with Crippen molar-refractivity contribution in [1.82, 2.24) is 0 Å². The zero-order valence-corrected chi connectivity index (χ0v) is 15.1. The van der Waals surface area contributed by atoms with Crippen molar-refractivity contribution in [3.05, 3.63) is 90.0 Å². The Kier molecular flexibility index (Phi) is 6.54. The molecule has 0 unspecified atom stereocenters. The molecule has 4 nitrogen and oxygen atoms in total. The van der Waals surface area contributed by atoms with Gasteiger partial charge in [-0.15, -0.1) is 0 Å². The van der Waals surface area contributed by atoms with Gasteiger partial charge in [0.15, 0.2) is 0 Å². The molecule has 0 spiro atoms. The largest absolute Gasteiger partial charge is 0.524 e. The Labute approximate surface area is 148 Å². The summed E-state index contributed by atoms with van der Waals surface area (Å²) in [6.45, 7) is 3.60. The number of rotatable bonds is 3. The van der Waals surface area contributed by atoms with E-state index in [4.69, 9.17) is 9.79 Å². The Bertz CT molecular complexity index is 805. The SMILES string of the molecule is Cc1cccc(OP(=O)(O)O)c1C.c1ccc(-c2ccccc2)cc1. The number of hydrogen-bond donors (Lipinski definition) is 2. The quantitative estimate of drug-likeness (QED) is 0.639. The van der Waals surface area contributed by atoms with Crippen LogP contribution in [0.2, 0.25) is 0 Å². The summed E-state index contributed by atoms with van der Waals surface area (Å²) < 4.78 is 15.0. The normalized spacial score (nSPS) is 10.6. The second-order valence-electron chi connectivity index (χ2n) is 5.51. The Hall–Kier alpha value is -2.39. The number of phosphoric ester groups is 1. The minimum Gasteiger partial charge on any atom is -0.404 e. The van der Waals surface area contributed by atoms with E-state index in [1.165, 1.54) is 17.2 Å². The van der Waals surface area contributed by atoms with Gasteiger partial charge in [-0.1, -0.05) is 72.8 Å². The average molecular weight is 356 g/mol. The molecule has 2 N–H and O–H groups in total. The van der Waals surface area contributed by atoms with E-state index < -0.39 is 7.82 Å². The van der Waals surface area contributed by atoms with Crippen LogP contribution in [0.3, 0.4) is 0 Å². The zero-order chi connectivity index (χ0) is 18.3. The van der Waals surface area contributed by atoms with E-state index >= 15 is 0 Å². The summed E-state index contributed by atoms with van der Waals surface area (Å²) in [5, 5.41) is 0. The first-order valence-electron chi connectivity index (χ1n) is 7.78. The van der Waals surface area contributed by atoms with Crippen molar-refractivity contribution in [1.29, 1.82) is 0 Å². The Morgan fingerprint density at radius 1 is 0.720 bits per heavy atom. The van der Waals surface area contributed by atoms with Crippen LogP contribution in [0.5, 0.6) is 5.75 Å². The maximum atomic E-state index is 10.5. The van der Waals surface area contributed by atoms with Gasteiger partial charge in [-0.3, -0.25) is 9.79 Å². The van der Waals surface area contributed by atoms with Crippen LogP contribution in [0.4, 0.5) is 0 Å². The lowest BCUT2D eigenvalue weighted by Gasteiger charge is -2.10. The van der Waals surface area contributed by atoms with E-state index in [2.05, 4.69) is 53.1 Å². The standard InChI is InChI=1S/C12H10.C8H11O4P/c1-3-7-11(8-4-1)12-9-5-2-6-10-12;1-6-4-3-5-8(7(6)2)12-13(9,10)11/h1-10H;3-5H,1-2H3,(H2,9,10,11). The fraction of sp³-hybridized carbons (Fsp3) is 0.100. The van der Waals surface area contributed by atoms with Crippen molar-refractivity contribution in [3.8, 4) is 16.9 Å². The smallest absolute Gasteiger partial charge is 0.404 e. The van der Waals surface area contributed by atoms with Gasteiger partial charge in [0, 0.05) is 0 Å². The molecule has 0 atom stereocenters. The maximum Gasteiger partial charge on any atom is 0.524 e. The summed E-state index contributed by atoms with van der Waals surface area (Å²) >= 11 is 0. The Morgan fingerprint density at radius 2 is 1.20 bits per heavy atom. The molecule has 0 aromatic heterocycles. The molecule has 0 radical (unpaired) electrons. The number of phosphoric acid groups is 1. The van der Waals surface area contributed by atoms with Crippen LogP contribution in [0.25, 0.3) is 11.1 Å². The molecular weight excluding hydrogens is 335 g/mol. The second-order valence-corrected chi connectivity index (χ2v) is 6.68. The molecular formula is C20H21O4P. The number of aryl methyl sites for hydroxylation is 1. The van der Waals surface area contributed by atoms with Gasteiger partial charge in [0.2, 0.25) is 0 Å². The molecule has 0 heterocycles. The van der Waals surface area contributed by atoms with Gasteiger partial charge in [-0.25, -0.2) is 4.57 Å². The fourth-order valence-electron chi connectivity index (χ4n) is 2.21. The van der Waals surface area contributed by atoms with Crippen LogP contribution in [-0.2, 0) is 4.57 Å². The molecule has 0 saturated carbocycles. The Morgan fingerprint density at radius 3 is 1.64 bits per heavy atom. The lowest BCUT2D eigenvalue weighted by molar-refractivity contribution is 0.282. The van der Waals surface area contributed by atoms with Crippen LogP contribution in [0, 0.1) is 13.8 Å². The van der Waals surface area contributed by atoms with Crippen LogP contribution in [-0.4, -0.2) is 9.79 Å². The summed E-state index contributed by atoms with van der Waals surface area (Å²) in [6.07, 6.45) is 0. The van der Waals surface area contributed by atoms with Gasteiger partial charge in [0.05, 0.1) is 0 Å². The van der Waals surface area contributed by atoms with Crippen LogP contribution in [0.15, 0.2) is 78.9 Å². The van der Waals surface area contributed by atoms with E-state index in [9.17, 15) is 4.57 Å². The predicted molar refractivity (Wildman–Crippen MR) is 100 cm³/mol. The summed E-state index contributed by atoms with van der Waals surface area (Å²) in [4.78, 5) is 17.2. The average Bonchev–Trinajstić information content (AvgIpc) is 2.60. The van der Waals surface area contributed by atoms with Crippen LogP contribution >= 0.6 is 7.82 Å². The molecule has 3 aromatic rings. The molecule has 0 aliphatic carbocycles. The molecule has 5 heteroatoms. The molecule has 25 heavy (non-hydrogen) atoms. The van der Waals surface area contributed by atoms with Gasteiger partial charge in [-0.05, 0) is 42.2 Å². The molecule has 0 amide bonds. The molecule has 0 aliphatic rings. The predicted octanol–water partition coefficient (Wildman–Crippen LogP) is 5.13. The minimum absolute atomic E-state index is 0.230. The highest BCUT2D eigenvalue weighted by Gasteiger charge is 2.17. The molecule has 130 valence electrons. The third kappa shape index (κ3) is 6.20. The first-order valence-corrected chi connectivity index (χ1v) is 9.31.